The van der Waals surface area contributed by atoms with E-state index >= 15 is 0 Å². The van der Waals surface area contributed by atoms with Gasteiger partial charge in [0.2, 0.25) is 0 Å². The topological polar surface area (TPSA) is 67.4 Å². The first-order chi connectivity index (χ1) is 11.9. The summed E-state index contributed by atoms with van der Waals surface area (Å²) in [6.45, 7) is 3.55. The number of hydrogen-bond donors (Lipinski definition) is 2. The number of halogens is 2. The molecule has 2 aromatic rings. The van der Waals surface area contributed by atoms with Crippen LogP contribution in [0.5, 0.6) is 0 Å². The highest BCUT2D eigenvalue weighted by atomic mass is 19.1. The monoisotopic (exact) mass is 348 g/mol. The summed E-state index contributed by atoms with van der Waals surface area (Å²) in [5.74, 6) is -1.81. The number of carbonyl (C=O) groups excluding carboxylic acids is 2. The SMILES string of the molecule is CCOC(=O)Nc1ccc(C(=O)N[C@H](C)c2ccc(F)cc2F)cc1. The predicted molar refractivity (Wildman–Crippen MR) is 89.3 cm³/mol. The Morgan fingerprint density at radius 1 is 1.12 bits per heavy atom. The molecule has 2 N–H and O–H groups in total. The Morgan fingerprint density at radius 2 is 1.80 bits per heavy atom. The van der Waals surface area contributed by atoms with Gasteiger partial charge in [-0.05, 0) is 44.2 Å². The summed E-state index contributed by atoms with van der Waals surface area (Å²) in [5.41, 5.74) is 1.01. The van der Waals surface area contributed by atoms with E-state index in [0.29, 0.717) is 11.3 Å². The van der Waals surface area contributed by atoms with Crippen LogP contribution in [0.4, 0.5) is 19.3 Å². The molecule has 0 aliphatic rings. The first kappa shape index (κ1) is 18.4. The second kappa shape index (κ2) is 8.23. The van der Waals surface area contributed by atoms with Gasteiger partial charge in [0.1, 0.15) is 11.6 Å². The van der Waals surface area contributed by atoms with E-state index in [0.717, 1.165) is 12.1 Å². The molecular weight excluding hydrogens is 330 g/mol. The highest BCUT2D eigenvalue weighted by Crippen LogP contribution is 2.18. The molecule has 0 aromatic heterocycles. The van der Waals surface area contributed by atoms with Gasteiger partial charge in [0.15, 0.2) is 0 Å². The van der Waals surface area contributed by atoms with Gasteiger partial charge in [-0.25, -0.2) is 13.6 Å². The lowest BCUT2D eigenvalue weighted by atomic mass is 10.1. The molecule has 0 spiro atoms. The molecular formula is C18H18F2N2O3. The average molecular weight is 348 g/mol. The van der Waals surface area contributed by atoms with Crippen LogP contribution in [0, 0.1) is 11.6 Å². The van der Waals surface area contributed by atoms with Crippen molar-refractivity contribution in [2.75, 3.05) is 11.9 Å². The number of rotatable bonds is 5. The number of nitrogens with one attached hydrogen (secondary N) is 2. The van der Waals surface area contributed by atoms with Gasteiger partial charge in [0.25, 0.3) is 5.91 Å². The van der Waals surface area contributed by atoms with Crippen LogP contribution in [0.3, 0.4) is 0 Å². The van der Waals surface area contributed by atoms with E-state index in [1.165, 1.54) is 18.2 Å². The van der Waals surface area contributed by atoms with Crippen molar-refractivity contribution in [1.29, 1.82) is 0 Å². The van der Waals surface area contributed by atoms with Crippen molar-refractivity contribution in [3.63, 3.8) is 0 Å². The maximum atomic E-state index is 13.7. The molecule has 132 valence electrons. The lowest BCUT2D eigenvalue weighted by molar-refractivity contribution is 0.0939. The smallest absolute Gasteiger partial charge is 0.411 e. The highest BCUT2D eigenvalue weighted by Gasteiger charge is 2.15. The first-order valence-corrected chi connectivity index (χ1v) is 7.70. The summed E-state index contributed by atoms with van der Waals surface area (Å²) in [4.78, 5) is 23.5. The van der Waals surface area contributed by atoms with Crippen LogP contribution >= 0.6 is 0 Å². The van der Waals surface area contributed by atoms with E-state index in [9.17, 15) is 18.4 Å². The van der Waals surface area contributed by atoms with Crippen molar-refractivity contribution >= 4 is 17.7 Å². The highest BCUT2D eigenvalue weighted by molar-refractivity contribution is 5.95. The third-order valence-corrected chi connectivity index (χ3v) is 3.45. The fourth-order valence-corrected chi connectivity index (χ4v) is 2.20. The number of benzene rings is 2. The molecule has 0 saturated heterocycles. The van der Waals surface area contributed by atoms with Crippen LogP contribution in [-0.4, -0.2) is 18.6 Å². The maximum Gasteiger partial charge on any atom is 0.411 e. The molecule has 0 aliphatic heterocycles. The van der Waals surface area contributed by atoms with Crippen molar-refractivity contribution in [2.24, 2.45) is 0 Å². The summed E-state index contributed by atoms with van der Waals surface area (Å²) in [7, 11) is 0. The summed E-state index contributed by atoms with van der Waals surface area (Å²) in [5, 5.41) is 5.15. The Kier molecular flexibility index (Phi) is 6.05. The average Bonchev–Trinajstić information content (AvgIpc) is 2.55. The zero-order valence-corrected chi connectivity index (χ0v) is 13.8. The number of anilines is 1. The van der Waals surface area contributed by atoms with Gasteiger partial charge in [-0.3, -0.25) is 10.1 Å². The molecule has 0 heterocycles. The summed E-state index contributed by atoms with van der Waals surface area (Å²) < 4.78 is 31.4. The second-order valence-corrected chi connectivity index (χ2v) is 5.28. The molecule has 0 saturated carbocycles. The van der Waals surface area contributed by atoms with Crippen LogP contribution in [0.15, 0.2) is 42.5 Å². The van der Waals surface area contributed by atoms with Crippen LogP contribution in [-0.2, 0) is 4.74 Å². The summed E-state index contributed by atoms with van der Waals surface area (Å²) in [6.07, 6.45) is -0.583. The van der Waals surface area contributed by atoms with Crippen molar-refractivity contribution < 1.29 is 23.1 Å². The largest absolute Gasteiger partial charge is 0.450 e. The van der Waals surface area contributed by atoms with E-state index < -0.39 is 29.7 Å². The Hall–Kier alpha value is -2.96. The fourth-order valence-electron chi connectivity index (χ4n) is 2.20. The minimum Gasteiger partial charge on any atom is -0.450 e. The van der Waals surface area contributed by atoms with Gasteiger partial charge < -0.3 is 10.1 Å². The quantitative estimate of drug-likeness (QED) is 0.857. The Bertz CT molecular complexity index is 763. The zero-order chi connectivity index (χ0) is 18.4. The summed E-state index contributed by atoms with van der Waals surface area (Å²) >= 11 is 0. The molecule has 5 nitrogen and oxygen atoms in total. The second-order valence-electron chi connectivity index (χ2n) is 5.28. The molecule has 2 rings (SSSR count). The van der Waals surface area contributed by atoms with E-state index in [1.807, 2.05) is 0 Å². The molecule has 1 atom stereocenters. The number of hydrogen-bond acceptors (Lipinski definition) is 3. The van der Waals surface area contributed by atoms with E-state index in [2.05, 4.69) is 10.6 Å². The standard InChI is InChI=1S/C18H18F2N2O3/c1-3-25-18(24)22-14-7-4-12(5-8-14)17(23)21-11(2)15-9-6-13(19)10-16(15)20/h4-11H,3H2,1-2H3,(H,21,23)(H,22,24)/t11-/m1/s1. The fraction of sp³-hybridized carbons (Fsp3) is 0.222. The first-order valence-electron chi connectivity index (χ1n) is 7.70. The van der Waals surface area contributed by atoms with E-state index in [-0.39, 0.29) is 12.2 Å². The van der Waals surface area contributed by atoms with Gasteiger partial charge in [-0.1, -0.05) is 6.07 Å². The molecule has 0 aliphatic carbocycles. The van der Waals surface area contributed by atoms with Gasteiger partial charge in [0.05, 0.1) is 12.6 Å². The van der Waals surface area contributed by atoms with Crippen molar-refractivity contribution in [3.05, 3.63) is 65.2 Å². The van der Waals surface area contributed by atoms with E-state index in [4.69, 9.17) is 4.74 Å². The number of carbonyl (C=O) groups is 2. The lowest BCUT2D eigenvalue weighted by Gasteiger charge is -2.15. The maximum absolute atomic E-state index is 13.7. The molecule has 0 bridgehead atoms. The third kappa shape index (κ3) is 5.00. The molecule has 0 radical (unpaired) electrons. The minimum atomic E-state index is -0.721. The van der Waals surface area contributed by atoms with Crippen LogP contribution in [0.2, 0.25) is 0 Å². The van der Waals surface area contributed by atoms with Crippen molar-refractivity contribution in [1.82, 2.24) is 5.32 Å². The Balaban J connectivity index is 2.01. The van der Waals surface area contributed by atoms with Crippen LogP contribution < -0.4 is 10.6 Å². The van der Waals surface area contributed by atoms with E-state index in [1.54, 1.807) is 26.0 Å². The summed E-state index contributed by atoms with van der Waals surface area (Å²) in [6, 6.07) is 8.71. The predicted octanol–water partition coefficient (Wildman–Crippen LogP) is 4.02. The van der Waals surface area contributed by atoms with Crippen molar-refractivity contribution in [2.45, 2.75) is 19.9 Å². The molecule has 2 aromatic carbocycles. The van der Waals surface area contributed by atoms with Gasteiger partial charge in [-0.2, -0.15) is 0 Å². The third-order valence-electron chi connectivity index (χ3n) is 3.45. The Morgan fingerprint density at radius 3 is 2.40 bits per heavy atom. The van der Waals surface area contributed by atoms with Crippen molar-refractivity contribution in [3.8, 4) is 0 Å². The van der Waals surface area contributed by atoms with Gasteiger partial charge >= 0.3 is 6.09 Å². The van der Waals surface area contributed by atoms with Crippen LogP contribution in [0.25, 0.3) is 0 Å². The van der Waals surface area contributed by atoms with Gasteiger partial charge in [0, 0.05) is 22.9 Å². The number of ether oxygens (including phenoxy) is 1. The molecule has 25 heavy (non-hydrogen) atoms. The van der Waals surface area contributed by atoms with Gasteiger partial charge in [-0.15, -0.1) is 0 Å². The minimum absolute atomic E-state index is 0.190. The molecule has 0 fully saturated rings. The molecule has 0 unspecified atom stereocenters. The normalized spacial score (nSPS) is 11.5. The number of amides is 2. The lowest BCUT2D eigenvalue weighted by Crippen LogP contribution is -2.27. The zero-order valence-electron chi connectivity index (χ0n) is 13.8. The van der Waals surface area contributed by atoms with Crippen LogP contribution in [0.1, 0.15) is 35.8 Å². The Labute approximate surface area is 144 Å². The molecule has 2 amide bonds. The molecule has 7 heteroatoms.